The van der Waals surface area contributed by atoms with Crippen LogP contribution in [0.3, 0.4) is 0 Å². The van der Waals surface area contributed by atoms with Crippen molar-refractivity contribution in [2.75, 3.05) is 5.32 Å². The first-order valence-electron chi connectivity index (χ1n) is 6.32. The van der Waals surface area contributed by atoms with Gasteiger partial charge in [0, 0.05) is 11.3 Å². The van der Waals surface area contributed by atoms with Crippen molar-refractivity contribution >= 4 is 34.8 Å². The first-order valence-corrected chi connectivity index (χ1v) is 7.08. The van der Waals surface area contributed by atoms with E-state index in [-0.39, 0.29) is 16.2 Å². The van der Waals surface area contributed by atoms with E-state index in [2.05, 4.69) is 17.2 Å². The minimum absolute atomic E-state index is 0.199. The quantitative estimate of drug-likeness (QED) is 0.839. The predicted molar refractivity (Wildman–Crippen MR) is 82.6 cm³/mol. The summed E-state index contributed by atoms with van der Waals surface area (Å²) < 4.78 is 0. The van der Waals surface area contributed by atoms with E-state index >= 15 is 0 Å². The number of nitrogens with zero attached hydrogens (tertiary/aromatic N) is 1. The van der Waals surface area contributed by atoms with E-state index in [0.717, 1.165) is 24.1 Å². The van der Waals surface area contributed by atoms with Crippen LogP contribution in [-0.4, -0.2) is 10.9 Å². The Kier molecular flexibility index (Phi) is 4.99. The van der Waals surface area contributed by atoms with Gasteiger partial charge in [-0.25, -0.2) is 4.98 Å². The maximum Gasteiger partial charge on any atom is 0.255 e. The van der Waals surface area contributed by atoms with Crippen LogP contribution in [0, 0.1) is 0 Å². The second-order valence-corrected chi connectivity index (χ2v) is 5.14. The zero-order valence-corrected chi connectivity index (χ0v) is 12.5. The van der Waals surface area contributed by atoms with E-state index in [9.17, 15) is 4.79 Å². The topological polar surface area (TPSA) is 42.0 Å². The van der Waals surface area contributed by atoms with E-state index in [1.54, 1.807) is 0 Å². The third-order valence-corrected chi connectivity index (χ3v) is 3.20. The number of aromatic nitrogens is 1. The lowest BCUT2D eigenvalue weighted by molar-refractivity contribution is 0.102. The molecule has 0 aliphatic carbocycles. The number of carbonyl (C=O) groups excluding carboxylic acids is 1. The van der Waals surface area contributed by atoms with Crippen molar-refractivity contribution in [2.45, 2.75) is 19.8 Å². The molecule has 0 aliphatic rings. The SMILES string of the molecule is CCCc1ccccc1NC(=O)c1cc(Cl)nc(Cl)c1. The number of aryl methyl sites for hydroxylation is 1. The fraction of sp³-hybridized carbons (Fsp3) is 0.200. The number of anilines is 1. The Morgan fingerprint density at radius 1 is 1.20 bits per heavy atom. The van der Waals surface area contributed by atoms with E-state index in [1.807, 2.05) is 24.3 Å². The summed E-state index contributed by atoms with van der Waals surface area (Å²) in [6, 6.07) is 10.7. The number of para-hydroxylation sites is 1. The van der Waals surface area contributed by atoms with Crippen molar-refractivity contribution in [1.82, 2.24) is 4.98 Å². The lowest BCUT2D eigenvalue weighted by atomic mass is 10.1. The third-order valence-electron chi connectivity index (χ3n) is 2.81. The highest BCUT2D eigenvalue weighted by molar-refractivity contribution is 6.33. The molecule has 1 aromatic carbocycles. The molecule has 104 valence electrons. The second-order valence-electron chi connectivity index (χ2n) is 4.36. The van der Waals surface area contributed by atoms with Gasteiger partial charge in [-0.2, -0.15) is 0 Å². The Hall–Kier alpha value is -1.58. The lowest BCUT2D eigenvalue weighted by Crippen LogP contribution is -2.13. The van der Waals surface area contributed by atoms with Crippen LogP contribution < -0.4 is 5.32 Å². The summed E-state index contributed by atoms with van der Waals surface area (Å²) in [4.78, 5) is 16.0. The molecule has 2 rings (SSSR count). The van der Waals surface area contributed by atoms with Gasteiger partial charge in [-0.3, -0.25) is 4.79 Å². The van der Waals surface area contributed by atoms with Crippen LogP contribution in [0.4, 0.5) is 5.69 Å². The molecule has 0 atom stereocenters. The van der Waals surface area contributed by atoms with Crippen molar-refractivity contribution in [1.29, 1.82) is 0 Å². The van der Waals surface area contributed by atoms with Gasteiger partial charge in [0.25, 0.3) is 5.91 Å². The number of hydrogen-bond acceptors (Lipinski definition) is 2. The lowest BCUT2D eigenvalue weighted by Gasteiger charge is -2.10. The molecule has 0 aliphatic heterocycles. The Morgan fingerprint density at radius 2 is 1.85 bits per heavy atom. The smallest absolute Gasteiger partial charge is 0.255 e. The molecule has 20 heavy (non-hydrogen) atoms. The van der Waals surface area contributed by atoms with E-state index in [1.165, 1.54) is 12.1 Å². The zero-order valence-electron chi connectivity index (χ0n) is 11.0. The molecule has 1 amide bonds. The maximum atomic E-state index is 12.2. The van der Waals surface area contributed by atoms with Gasteiger partial charge in [0.15, 0.2) is 0 Å². The van der Waals surface area contributed by atoms with Crippen LogP contribution in [0.25, 0.3) is 0 Å². The highest BCUT2D eigenvalue weighted by Gasteiger charge is 2.10. The largest absolute Gasteiger partial charge is 0.322 e. The van der Waals surface area contributed by atoms with Crippen molar-refractivity contribution in [2.24, 2.45) is 0 Å². The van der Waals surface area contributed by atoms with Gasteiger partial charge in [-0.15, -0.1) is 0 Å². The van der Waals surface area contributed by atoms with Gasteiger partial charge in [0.05, 0.1) is 0 Å². The summed E-state index contributed by atoms with van der Waals surface area (Å²) >= 11 is 11.6. The summed E-state index contributed by atoms with van der Waals surface area (Å²) in [6.07, 6.45) is 1.92. The molecule has 0 radical (unpaired) electrons. The molecule has 1 N–H and O–H groups in total. The third kappa shape index (κ3) is 3.71. The highest BCUT2D eigenvalue weighted by Crippen LogP contribution is 2.20. The Labute approximate surface area is 127 Å². The van der Waals surface area contributed by atoms with Crippen molar-refractivity contribution in [3.05, 3.63) is 57.8 Å². The van der Waals surface area contributed by atoms with Crippen LogP contribution in [0.15, 0.2) is 36.4 Å². The average molecular weight is 309 g/mol. The molecular weight excluding hydrogens is 295 g/mol. The monoisotopic (exact) mass is 308 g/mol. The van der Waals surface area contributed by atoms with Crippen LogP contribution >= 0.6 is 23.2 Å². The predicted octanol–water partition coefficient (Wildman–Crippen LogP) is 4.59. The standard InChI is InChI=1S/C15H14Cl2N2O/c1-2-5-10-6-3-4-7-12(10)18-15(20)11-8-13(16)19-14(17)9-11/h3-4,6-9H,2,5H2,1H3,(H,18,20). The molecular formula is C15H14Cl2N2O. The van der Waals surface area contributed by atoms with Crippen molar-refractivity contribution < 1.29 is 4.79 Å². The number of nitrogens with one attached hydrogen (secondary N) is 1. The van der Waals surface area contributed by atoms with Gasteiger partial charge in [-0.1, -0.05) is 54.7 Å². The average Bonchev–Trinajstić information content (AvgIpc) is 2.40. The minimum atomic E-state index is -0.250. The number of amides is 1. The second kappa shape index (κ2) is 6.73. The van der Waals surface area contributed by atoms with Gasteiger partial charge >= 0.3 is 0 Å². The van der Waals surface area contributed by atoms with Gasteiger partial charge < -0.3 is 5.32 Å². The number of halogens is 2. The molecule has 0 bridgehead atoms. The first-order chi connectivity index (χ1) is 9.60. The molecule has 5 heteroatoms. The van der Waals surface area contributed by atoms with Crippen LogP contribution in [-0.2, 0) is 6.42 Å². The number of carbonyl (C=O) groups is 1. The van der Waals surface area contributed by atoms with E-state index in [4.69, 9.17) is 23.2 Å². The molecule has 0 saturated carbocycles. The van der Waals surface area contributed by atoms with Crippen LogP contribution in [0.1, 0.15) is 29.3 Å². The molecule has 1 heterocycles. The summed E-state index contributed by atoms with van der Waals surface area (Å²) in [6.45, 7) is 2.10. The summed E-state index contributed by atoms with van der Waals surface area (Å²) in [5, 5.41) is 3.28. The Balaban J connectivity index is 2.23. The zero-order chi connectivity index (χ0) is 14.5. The number of pyridine rings is 1. The summed E-state index contributed by atoms with van der Waals surface area (Å²) in [7, 11) is 0. The van der Waals surface area contributed by atoms with Gasteiger partial charge in [0.2, 0.25) is 0 Å². The maximum absolute atomic E-state index is 12.2. The van der Waals surface area contributed by atoms with E-state index in [0.29, 0.717) is 5.56 Å². The summed E-state index contributed by atoms with van der Waals surface area (Å²) in [5.74, 6) is -0.250. The summed E-state index contributed by atoms with van der Waals surface area (Å²) in [5.41, 5.74) is 2.30. The minimum Gasteiger partial charge on any atom is -0.322 e. The molecule has 2 aromatic rings. The number of hydrogen-bond donors (Lipinski definition) is 1. The van der Waals surface area contributed by atoms with Crippen molar-refractivity contribution in [3.8, 4) is 0 Å². The molecule has 1 aromatic heterocycles. The van der Waals surface area contributed by atoms with Crippen molar-refractivity contribution in [3.63, 3.8) is 0 Å². The van der Waals surface area contributed by atoms with Crippen LogP contribution in [0.5, 0.6) is 0 Å². The fourth-order valence-electron chi connectivity index (χ4n) is 1.92. The van der Waals surface area contributed by atoms with Gasteiger partial charge in [-0.05, 0) is 30.2 Å². The van der Waals surface area contributed by atoms with E-state index < -0.39 is 0 Å². The Bertz CT molecular complexity index is 609. The first kappa shape index (κ1) is 14.8. The molecule has 0 fully saturated rings. The highest BCUT2D eigenvalue weighted by atomic mass is 35.5. The van der Waals surface area contributed by atoms with Gasteiger partial charge in [0.1, 0.15) is 10.3 Å². The number of rotatable bonds is 4. The van der Waals surface area contributed by atoms with Crippen LogP contribution in [0.2, 0.25) is 10.3 Å². The number of benzene rings is 1. The molecule has 0 saturated heterocycles. The molecule has 0 unspecified atom stereocenters. The Morgan fingerprint density at radius 3 is 2.50 bits per heavy atom. The molecule has 3 nitrogen and oxygen atoms in total. The normalized spacial score (nSPS) is 10.3. The molecule has 0 spiro atoms. The fourth-order valence-corrected chi connectivity index (χ4v) is 2.38.